The molecular weight excluding hydrogens is 306 g/mol. The minimum absolute atomic E-state index is 0.186. The van der Waals surface area contributed by atoms with Gasteiger partial charge in [0.1, 0.15) is 11.6 Å². The lowest BCUT2D eigenvalue weighted by Gasteiger charge is -2.04. The number of hydrogen-bond acceptors (Lipinski definition) is 5. The summed E-state index contributed by atoms with van der Waals surface area (Å²) in [5.74, 6) is -2.84. The van der Waals surface area contributed by atoms with Crippen molar-refractivity contribution in [2.75, 3.05) is 0 Å². The molecule has 9 heteroatoms. The van der Waals surface area contributed by atoms with E-state index in [0.717, 1.165) is 30.5 Å². The van der Waals surface area contributed by atoms with Crippen LogP contribution >= 0.6 is 11.8 Å². The molecule has 2 aromatic rings. The fourth-order valence-corrected chi connectivity index (χ4v) is 2.32. The van der Waals surface area contributed by atoms with Crippen molar-refractivity contribution < 1.29 is 23.6 Å². The van der Waals surface area contributed by atoms with Gasteiger partial charge in [-0.25, -0.2) is 18.6 Å². The van der Waals surface area contributed by atoms with Gasteiger partial charge in [0, 0.05) is 12.3 Å². The first-order chi connectivity index (χ1) is 9.88. The van der Waals surface area contributed by atoms with Gasteiger partial charge in [-0.3, -0.25) is 10.1 Å². The molecule has 1 N–H and O–H groups in total. The molecule has 0 saturated heterocycles. The first-order valence-corrected chi connectivity index (χ1v) is 6.21. The quantitative estimate of drug-likeness (QED) is 0.688. The molecule has 0 bridgehead atoms. The highest BCUT2D eigenvalue weighted by molar-refractivity contribution is 7.99. The molecule has 0 radical (unpaired) electrons. The van der Waals surface area contributed by atoms with Gasteiger partial charge in [-0.15, -0.1) is 0 Å². The highest BCUT2D eigenvalue weighted by Crippen LogP contribution is 2.35. The van der Waals surface area contributed by atoms with Crippen LogP contribution in [0.2, 0.25) is 0 Å². The molecule has 0 unspecified atom stereocenters. The summed E-state index contributed by atoms with van der Waals surface area (Å²) >= 11 is 0.543. The van der Waals surface area contributed by atoms with Crippen LogP contribution in [0.5, 0.6) is 0 Å². The van der Waals surface area contributed by atoms with Gasteiger partial charge in [-0.2, -0.15) is 0 Å². The summed E-state index contributed by atoms with van der Waals surface area (Å²) in [6, 6.07) is 3.48. The van der Waals surface area contributed by atoms with Crippen LogP contribution in [-0.2, 0) is 0 Å². The monoisotopic (exact) mass is 312 g/mol. The summed E-state index contributed by atoms with van der Waals surface area (Å²) in [7, 11) is 0. The van der Waals surface area contributed by atoms with E-state index in [1.54, 1.807) is 0 Å². The van der Waals surface area contributed by atoms with Crippen molar-refractivity contribution in [3.05, 3.63) is 57.8 Å². The lowest BCUT2D eigenvalue weighted by Crippen LogP contribution is -2.01. The number of aromatic carboxylic acids is 1. The maximum atomic E-state index is 13.5. The molecule has 6 nitrogen and oxygen atoms in total. The maximum absolute atomic E-state index is 13.5. The average molecular weight is 312 g/mol. The van der Waals surface area contributed by atoms with Crippen molar-refractivity contribution >= 4 is 23.4 Å². The van der Waals surface area contributed by atoms with Gasteiger partial charge in [-0.05, 0) is 18.2 Å². The molecule has 0 aliphatic heterocycles. The van der Waals surface area contributed by atoms with Crippen molar-refractivity contribution in [3.8, 4) is 0 Å². The van der Waals surface area contributed by atoms with Crippen LogP contribution in [0.25, 0.3) is 0 Å². The molecule has 1 aromatic heterocycles. The van der Waals surface area contributed by atoms with Crippen molar-refractivity contribution in [1.82, 2.24) is 4.98 Å². The van der Waals surface area contributed by atoms with Crippen LogP contribution in [-0.4, -0.2) is 21.0 Å². The Bertz CT molecular complexity index is 739. The Balaban J connectivity index is 2.46. The number of rotatable bonds is 4. The summed E-state index contributed by atoms with van der Waals surface area (Å²) < 4.78 is 26.6. The molecule has 0 fully saturated rings. The van der Waals surface area contributed by atoms with E-state index in [1.165, 1.54) is 0 Å². The number of halogens is 2. The van der Waals surface area contributed by atoms with E-state index in [0.29, 0.717) is 11.8 Å². The topological polar surface area (TPSA) is 93.3 Å². The highest BCUT2D eigenvalue weighted by Gasteiger charge is 2.21. The second kappa shape index (κ2) is 5.83. The predicted molar refractivity (Wildman–Crippen MR) is 68.3 cm³/mol. The van der Waals surface area contributed by atoms with E-state index in [4.69, 9.17) is 5.11 Å². The Kier molecular flexibility index (Phi) is 4.13. The highest BCUT2D eigenvalue weighted by atomic mass is 32.2. The molecule has 0 amide bonds. The lowest BCUT2D eigenvalue weighted by atomic mass is 10.3. The zero-order valence-electron chi connectivity index (χ0n) is 10.1. The number of carbonyl (C=O) groups is 1. The second-order valence-corrected chi connectivity index (χ2v) is 4.82. The molecule has 1 aromatic carbocycles. The van der Waals surface area contributed by atoms with E-state index in [-0.39, 0.29) is 15.5 Å². The molecule has 0 atom stereocenters. The van der Waals surface area contributed by atoms with E-state index in [9.17, 15) is 23.7 Å². The molecule has 0 aliphatic rings. The Morgan fingerprint density at radius 1 is 1.33 bits per heavy atom. The maximum Gasteiger partial charge on any atom is 0.337 e. The fourth-order valence-electron chi connectivity index (χ4n) is 1.43. The van der Waals surface area contributed by atoms with Crippen LogP contribution in [0.15, 0.2) is 40.4 Å². The number of pyridine rings is 1. The molecule has 108 valence electrons. The van der Waals surface area contributed by atoms with Crippen LogP contribution in [0.4, 0.5) is 14.5 Å². The van der Waals surface area contributed by atoms with Crippen LogP contribution in [0, 0.1) is 21.7 Å². The van der Waals surface area contributed by atoms with E-state index < -0.39 is 28.2 Å². The molecular formula is C12H6F2N2O4S. The smallest absolute Gasteiger partial charge is 0.337 e. The van der Waals surface area contributed by atoms with Gasteiger partial charge in [0.15, 0.2) is 5.03 Å². The fraction of sp³-hybridized carbons (Fsp3) is 0. The minimum Gasteiger partial charge on any atom is -0.478 e. The zero-order valence-corrected chi connectivity index (χ0v) is 10.9. The van der Waals surface area contributed by atoms with Gasteiger partial charge in [0.25, 0.3) is 0 Å². The van der Waals surface area contributed by atoms with Crippen molar-refractivity contribution in [1.29, 1.82) is 0 Å². The first-order valence-electron chi connectivity index (χ1n) is 5.39. The number of hydrogen-bond donors (Lipinski definition) is 1. The number of nitro groups is 1. The third kappa shape index (κ3) is 3.31. The van der Waals surface area contributed by atoms with Gasteiger partial charge in [-0.1, -0.05) is 11.8 Å². The van der Waals surface area contributed by atoms with Crippen LogP contribution < -0.4 is 0 Å². The summed E-state index contributed by atoms with van der Waals surface area (Å²) in [5.41, 5.74) is -0.964. The van der Waals surface area contributed by atoms with Gasteiger partial charge < -0.3 is 5.11 Å². The van der Waals surface area contributed by atoms with Gasteiger partial charge in [0.05, 0.1) is 15.4 Å². The standard InChI is InChI=1S/C12H6F2N2O4S/c13-7-1-2-8(14)10(4-7)21-11-9(16(19)20)3-6(5-15-11)12(17)18/h1-5H,(H,17,18). The number of aromatic nitrogens is 1. The number of nitrogens with zero attached hydrogens (tertiary/aromatic N) is 2. The molecule has 21 heavy (non-hydrogen) atoms. The van der Waals surface area contributed by atoms with Gasteiger partial charge in [0.2, 0.25) is 0 Å². The lowest BCUT2D eigenvalue weighted by molar-refractivity contribution is -0.388. The first kappa shape index (κ1) is 14.9. The summed E-state index contributed by atoms with van der Waals surface area (Å²) in [6.07, 6.45) is 0.912. The Labute approximate surface area is 120 Å². The molecule has 0 spiro atoms. The largest absolute Gasteiger partial charge is 0.478 e. The summed E-state index contributed by atoms with van der Waals surface area (Å²) in [5, 5.41) is 19.5. The Morgan fingerprint density at radius 2 is 2.05 bits per heavy atom. The molecule has 0 saturated carbocycles. The Hall–Kier alpha value is -2.55. The predicted octanol–water partition coefficient (Wildman–Crippen LogP) is 3.12. The number of carboxylic acids is 1. The van der Waals surface area contributed by atoms with Crippen molar-refractivity contribution in [2.24, 2.45) is 0 Å². The zero-order chi connectivity index (χ0) is 15.6. The molecule has 2 rings (SSSR count). The van der Waals surface area contributed by atoms with E-state index >= 15 is 0 Å². The average Bonchev–Trinajstić information content (AvgIpc) is 2.42. The molecule has 0 aliphatic carbocycles. The third-order valence-electron chi connectivity index (χ3n) is 2.38. The summed E-state index contributed by atoms with van der Waals surface area (Å²) in [4.78, 5) is 24.3. The summed E-state index contributed by atoms with van der Waals surface area (Å²) in [6.45, 7) is 0. The van der Waals surface area contributed by atoms with E-state index in [1.807, 2.05) is 0 Å². The minimum atomic E-state index is -1.38. The van der Waals surface area contributed by atoms with Crippen molar-refractivity contribution in [3.63, 3.8) is 0 Å². The normalized spacial score (nSPS) is 10.4. The Morgan fingerprint density at radius 3 is 2.67 bits per heavy atom. The van der Waals surface area contributed by atoms with Crippen molar-refractivity contribution in [2.45, 2.75) is 9.92 Å². The third-order valence-corrected chi connectivity index (χ3v) is 3.42. The number of carboxylic acid groups (broad SMARTS) is 1. The number of benzene rings is 1. The van der Waals surface area contributed by atoms with Crippen LogP contribution in [0.3, 0.4) is 0 Å². The van der Waals surface area contributed by atoms with Crippen LogP contribution in [0.1, 0.15) is 10.4 Å². The SMILES string of the molecule is O=C(O)c1cnc(Sc2cc(F)ccc2F)c([N+](=O)[O-])c1. The molecule has 1 heterocycles. The second-order valence-electron chi connectivity index (χ2n) is 3.79. The van der Waals surface area contributed by atoms with Gasteiger partial charge >= 0.3 is 11.7 Å². The van der Waals surface area contributed by atoms with E-state index in [2.05, 4.69) is 4.98 Å².